The van der Waals surface area contributed by atoms with E-state index in [9.17, 15) is 17.6 Å². The summed E-state index contributed by atoms with van der Waals surface area (Å²) in [6.45, 7) is 8.45. The van der Waals surface area contributed by atoms with E-state index in [1.165, 1.54) is 6.07 Å². The van der Waals surface area contributed by atoms with Crippen LogP contribution in [0.5, 0.6) is 0 Å². The maximum atomic E-state index is 13.1. The molecule has 0 spiro atoms. The Kier molecular flexibility index (Phi) is 5.36. The lowest BCUT2D eigenvalue weighted by Crippen LogP contribution is -2.49. The van der Waals surface area contributed by atoms with Crippen LogP contribution in [0.1, 0.15) is 44.7 Å². The van der Waals surface area contributed by atoms with Crippen molar-refractivity contribution in [1.29, 1.82) is 0 Å². The van der Waals surface area contributed by atoms with E-state index >= 15 is 0 Å². The van der Waals surface area contributed by atoms with Gasteiger partial charge in [-0.15, -0.1) is 0 Å². The minimum Gasteiger partial charge on any atom is -0.310 e. The molecule has 0 aliphatic carbocycles. The average Bonchev–Trinajstić information content (AvgIpc) is 2.44. The Hall–Kier alpha value is -1.14. The van der Waals surface area contributed by atoms with Crippen LogP contribution >= 0.6 is 0 Å². The molecule has 1 N–H and O–H groups in total. The van der Waals surface area contributed by atoms with Crippen molar-refractivity contribution in [3.8, 4) is 0 Å². The van der Waals surface area contributed by atoms with Crippen molar-refractivity contribution in [3.63, 3.8) is 0 Å². The van der Waals surface area contributed by atoms with Crippen molar-refractivity contribution in [2.24, 2.45) is 0 Å². The Bertz CT molecular complexity index is 526. The van der Waals surface area contributed by atoms with E-state index in [2.05, 4.69) is 31.0 Å². The topological polar surface area (TPSA) is 15.3 Å². The first-order chi connectivity index (χ1) is 10.6. The third-order valence-electron chi connectivity index (χ3n) is 4.40. The number of hydrogen-bond donors (Lipinski definition) is 1. The summed E-state index contributed by atoms with van der Waals surface area (Å²) in [6, 6.07) is 3.06. The van der Waals surface area contributed by atoms with E-state index in [0.29, 0.717) is 6.07 Å². The molecule has 6 heteroatoms. The first-order valence-corrected chi connectivity index (χ1v) is 7.91. The van der Waals surface area contributed by atoms with E-state index < -0.39 is 17.6 Å². The molecule has 0 amide bonds. The van der Waals surface area contributed by atoms with Gasteiger partial charge < -0.3 is 5.32 Å². The second-order valence-corrected chi connectivity index (χ2v) is 7.11. The lowest BCUT2D eigenvalue weighted by molar-refractivity contribution is -0.138. The Morgan fingerprint density at radius 1 is 1.13 bits per heavy atom. The number of nitrogens with one attached hydrogen (secondary N) is 1. The molecule has 0 atom stereocenters. The molecule has 1 saturated heterocycles. The van der Waals surface area contributed by atoms with Gasteiger partial charge in [0.2, 0.25) is 0 Å². The Morgan fingerprint density at radius 2 is 1.74 bits per heavy atom. The zero-order chi connectivity index (χ0) is 17.3. The van der Waals surface area contributed by atoms with Crippen LogP contribution in [0.25, 0.3) is 0 Å². The Morgan fingerprint density at radius 3 is 2.26 bits per heavy atom. The van der Waals surface area contributed by atoms with Crippen LogP contribution in [0.2, 0.25) is 0 Å². The van der Waals surface area contributed by atoms with Gasteiger partial charge in [-0.25, -0.2) is 4.39 Å². The lowest BCUT2D eigenvalue weighted by atomic mass is 9.97. The second-order valence-electron chi connectivity index (χ2n) is 7.11. The fraction of sp³-hybridized carbons (Fsp3) is 0.647. The maximum absolute atomic E-state index is 13.1. The Balaban J connectivity index is 1.95. The number of halogens is 4. The summed E-state index contributed by atoms with van der Waals surface area (Å²) in [5.74, 6) is -0.862. The fourth-order valence-corrected chi connectivity index (χ4v) is 2.98. The van der Waals surface area contributed by atoms with E-state index in [-0.39, 0.29) is 23.7 Å². The number of likely N-dealkylation sites (tertiary alicyclic amines) is 1. The van der Waals surface area contributed by atoms with Crippen molar-refractivity contribution >= 4 is 0 Å². The van der Waals surface area contributed by atoms with Gasteiger partial charge in [0.25, 0.3) is 0 Å². The minimum atomic E-state index is -4.53. The van der Waals surface area contributed by atoms with Crippen LogP contribution in [-0.2, 0) is 12.7 Å². The smallest absolute Gasteiger partial charge is 0.310 e. The summed E-state index contributed by atoms with van der Waals surface area (Å²) < 4.78 is 52.0. The molecule has 1 aromatic rings. The fourth-order valence-electron chi connectivity index (χ4n) is 2.98. The third-order valence-corrected chi connectivity index (χ3v) is 4.40. The van der Waals surface area contributed by atoms with Gasteiger partial charge in [0, 0.05) is 31.2 Å². The molecule has 1 fully saturated rings. The van der Waals surface area contributed by atoms with Crippen LogP contribution in [-0.4, -0.2) is 29.6 Å². The normalized spacial score (nSPS) is 18.4. The molecule has 0 aromatic heterocycles. The third kappa shape index (κ3) is 4.91. The summed E-state index contributed by atoms with van der Waals surface area (Å²) >= 11 is 0. The van der Waals surface area contributed by atoms with Crippen LogP contribution in [0, 0.1) is 5.82 Å². The molecule has 130 valence electrons. The van der Waals surface area contributed by atoms with Crippen LogP contribution in [0.15, 0.2) is 18.2 Å². The van der Waals surface area contributed by atoms with E-state index in [0.717, 1.165) is 32.0 Å². The molecule has 2 nitrogen and oxygen atoms in total. The maximum Gasteiger partial charge on any atom is 0.416 e. The highest BCUT2D eigenvalue weighted by atomic mass is 19.4. The molecule has 1 aliphatic rings. The number of benzene rings is 1. The SMILES string of the molecule is CC(C)(C)N1CCC(NCc2ccc(F)cc2C(F)(F)F)CC1. The molecule has 2 rings (SSSR count). The predicted molar refractivity (Wildman–Crippen MR) is 82.6 cm³/mol. The molecule has 1 aromatic carbocycles. The summed E-state index contributed by atoms with van der Waals surface area (Å²) in [5.41, 5.74) is -0.681. The first-order valence-electron chi connectivity index (χ1n) is 7.91. The predicted octanol–water partition coefficient (Wildman–Crippen LogP) is 4.20. The van der Waals surface area contributed by atoms with Gasteiger partial charge in [-0.2, -0.15) is 13.2 Å². The van der Waals surface area contributed by atoms with E-state index in [1.807, 2.05) is 0 Å². The van der Waals surface area contributed by atoms with Gasteiger partial charge in [-0.05, 0) is 51.3 Å². The van der Waals surface area contributed by atoms with Crippen molar-refractivity contribution in [1.82, 2.24) is 10.2 Å². The van der Waals surface area contributed by atoms with Crippen molar-refractivity contribution in [3.05, 3.63) is 35.1 Å². The highest BCUT2D eigenvalue weighted by Crippen LogP contribution is 2.32. The lowest BCUT2D eigenvalue weighted by Gasteiger charge is -2.41. The standard InChI is InChI=1S/C17H24F4N2/c1-16(2,3)23-8-6-14(7-9-23)22-11-12-4-5-13(18)10-15(12)17(19,20)21/h4-5,10,14,22H,6-9,11H2,1-3H3. The molecule has 0 bridgehead atoms. The van der Waals surface area contributed by atoms with Crippen LogP contribution < -0.4 is 5.32 Å². The molecule has 1 aliphatic heterocycles. The molecular weight excluding hydrogens is 308 g/mol. The number of piperidine rings is 1. The van der Waals surface area contributed by atoms with Crippen LogP contribution in [0.4, 0.5) is 17.6 Å². The van der Waals surface area contributed by atoms with Crippen molar-refractivity contribution < 1.29 is 17.6 Å². The zero-order valence-corrected chi connectivity index (χ0v) is 13.8. The van der Waals surface area contributed by atoms with E-state index in [4.69, 9.17) is 0 Å². The van der Waals surface area contributed by atoms with Crippen molar-refractivity contribution in [2.45, 2.75) is 57.9 Å². The van der Waals surface area contributed by atoms with E-state index in [1.54, 1.807) is 0 Å². The number of nitrogens with zero attached hydrogens (tertiary/aromatic N) is 1. The zero-order valence-electron chi connectivity index (χ0n) is 13.8. The first kappa shape index (κ1) is 18.2. The van der Waals surface area contributed by atoms with Crippen molar-refractivity contribution in [2.75, 3.05) is 13.1 Å². The van der Waals surface area contributed by atoms with Gasteiger partial charge in [0.15, 0.2) is 0 Å². The average molecular weight is 332 g/mol. The monoisotopic (exact) mass is 332 g/mol. The minimum absolute atomic E-state index is 0.0946. The summed E-state index contributed by atoms with van der Waals surface area (Å²) in [5, 5.41) is 3.19. The summed E-state index contributed by atoms with van der Waals surface area (Å²) in [6.07, 6.45) is -2.73. The van der Waals surface area contributed by atoms with Gasteiger partial charge in [-0.1, -0.05) is 6.07 Å². The van der Waals surface area contributed by atoms with Gasteiger partial charge >= 0.3 is 6.18 Å². The summed E-state index contributed by atoms with van der Waals surface area (Å²) in [7, 11) is 0. The molecule has 0 unspecified atom stereocenters. The molecule has 1 heterocycles. The van der Waals surface area contributed by atoms with Gasteiger partial charge in [0.1, 0.15) is 5.82 Å². The molecular formula is C17H24F4N2. The number of hydrogen-bond acceptors (Lipinski definition) is 2. The number of rotatable bonds is 3. The van der Waals surface area contributed by atoms with Gasteiger partial charge in [0.05, 0.1) is 5.56 Å². The highest BCUT2D eigenvalue weighted by molar-refractivity contribution is 5.30. The van der Waals surface area contributed by atoms with Crippen LogP contribution in [0.3, 0.4) is 0 Å². The largest absolute Gasteiger partial charge is 0.416 e. The Labute approximate surface area is 134 Å². The quantitative estimate of drug-likeness (QED) is 0.835. The molecule has 0 saturated carbocycles. The van der Waals surface area contributed by atoms with Gasteiger partial charge in [-0.3, -0.25) is 4.90 Å². The molecule has 23 heavy (non-hydrogen) atoms. The number of alkyl halides is 3. The molecule has 0 radical (unpaired) electrons. The highest BCUT2D eigenvalue weighted by Gasteiger charge is 2.34. The second kappa shape index (κ2) is 6.77. The summed E-state index contributed by atoms with van der Waals surface area (Å²) in [4.78, 5) is 2.38.